The molecule has 0 atom stereocenters. The predicted molar refractivity (Wildman–Crippen MR) is 95.8 cm³/mol. The zero-order valence-corrected chi connectivity index (χ0v) is 13.6. The Hall–Kier alpha value is -2.06. The molecule has 2 nitrogen and oxygen atoms in total. The van der Waals surface area contributed by atoms with Crippen LogP contribution in [0.2, 0.25) is 5.02 Å². The maximum absolute atomic E-state index is 6.45. The van der Waals surface area contributed by atoms with Crippen LogP contribution in [0.4, 0.5) is 5.69 Å². The van der Waals surface area contributed by atoms with Crippen molar-refractivity contribution < 1.29 is 0 Å². The molecule has 0 saturated heterocycles. The van der Waals surface area contributed by atoms with E-state index in [4.69, 9.17) is 16.6 Å². The molecule has 3 heteroatoms. The first kappa shape index (κ1) is 14.9. The quantitative estimate of drug-likeness (QED) is 0.599. The molecular formula is C19H19ClN2. The molecule has 1 aromatic heterocycles. The molecule has 112 valence electrons. The van der Waals surface area contributed by atoms with Crippen LogP contribution in [0, 0.1) is 0 Å². The first-order valence-electron chi connectivity index (χ1n) is 7.65. The van der Waals surface area contributed by atoms with Crippen LogP contribution in [-0.4, -0.2) is 11.2 Å². The van der Waals surface area contributed by atoms with Crippen molar-refractivity contribution in [2.24, 2.45) is 4.99 Å². The number of hydrogen-bond acceptors (Lipinski definition) is 1. The van der Waals surface area contributed by atoms with Crippen molar-refractivity contribution in [1.29, 1.82) is 0 Å². The van der Waals surface area contributed by atoms with Gasteiger partial charge in [0, 0.05) is 10.9 Å². The maximum Gasteiger partial charge on any atom is 0.0766 e. The van der Waals surface area contributed by atoms with Gasteiger partial charge in [0.05, 0.1) is 22.6 Å². The Morgan fingerprint density at radius 2 is 1.68 bits per heavy atom. The number of fused-ring (bicyclic) bond motifs is 1. The standard InChI is InChI=1S/C19H19ClN2/c1-3-13-8-7-9-14(4-2)19(13)21-12-17-18(20)15-10-5-6-11-16(15)22-17/h5-12,22H,3-4H2,1-2H3. The number of halogens is 1. The summed E-state index contributed by atoms with van der Waals surface area (Å²) >= 11 is 6.45. The Bertz CT molecular complexity index is 808. The molecule has 0 amide bonds. The minimum absolute atomic E-state index is 0.728. The van der Waals surface area contributed by atoms with Gasteiger partial charge in [0.15, 0.2) is 0 Å². The summed E-state index contributed by atoms with van der Waals surface area (Å²) in [6.07, 6.45) is 3.79. The highest BCUT2D eigenvalue weighted by atomic mass is 35.5. The molecule has 0 saturated carbocycles. The number of H-pyrrole nitrogens is 1. The molecule has 3 rings (SSSR count). The maximum atomic E-state index is 6.45. The molecule has 1 N–H and O–H groups in total. The molecule has 1 heterocycles. The Labute approximate surface area is 135 Å². The second kappa shape index (κ2) is 6.37. The van der Waals surface area contributed by atoms with Crippen LogP contribution in [0.3, 0.4) is 0 Å². The van der Waals surface area contributed by atoms with Gasteiger partial charge >= 0.3 is 0 Å². The largest absolute Gasteiger partial charge is 0.352 e. The lowest BCUT2D eigenvalue weighted by Crippen LogP contribution is -1.90. The zero-order valence-electron chi connectivity index (χ0n) is 12.9. The summed E-state index contributed by atoms with van der Waals surface area (Å²) in [4.78, 5) is 8.06. The molecule has 2 aromatic carbocycles. The summed E-state index contributed by atoms with van der Waals surface area (Å²) in [5.41, 5.74) is 5.50. The van der Waals surface area contributed by atoms with Crippen molar-refractivity contribution in [3.8, 4) is 0 Å². The molecule has 3 aromatic rings. The van der Waals surface area contributed by atoms with Gasteiger partial charge in [0.1, 0.15) is 0 Å². The van der Waals surface area contributed by atoms with E-state index in [1.807, 2.05) is 30.5 Å². The smallest absolute Gasteiger partial charge is 0.0766 e. The average molecular weight is 311 g/mol. The Morgan fingerprint density at radius 1 is 1.00 bits per heavy atom. The van der Waals surface area contributed by atoms with Gasteiger partial charge in [-0.25, -0.2) is 0 Å². The monoisotopic (exact) mass is 310 g/mol. The van der Waals surface area contributed by atoms with Gasteiger partial charge in [0.25, 0.3) is 0 Å². The topological polar surface area (TPSA) is 28.1 Å². The number of nitrogens with zero attached hydrogens (tertiary/aromatic N) is 1. The van der Waals surface area contributed by atoms with E-state index in [-0.39, 0.29) is 0 Å². The highest BCUT2D eigenvalue weighted by Gasteiger charge is 2.08. The number of rotatable bonds is 4. The Morgan fingerprint density at radius 3 is 2.32 bits per heavy atom. The summed E-state index contributed by atoms with van der Waals surface area (Å²) in [6, 6.07) is 14.4. The molecule has 22 heavy (non-hydrogen) atoms. The van der Waals surface area contributed by atoms with Crippen molar-refractivity contribution in [2.45, 2.75) is 26.7 Å². The molecule has 0 unspecified atom stereocenters. The summed E-state index contributed by atoms with van der Waals surface area (Å²) in [6.45, 7) is 4.31. The number of aromatic nitrogens is 1. The number of hydrogen-bond donors (Lipinski definition) is 1. The number of aromatic amines is 1. The summed E-state index contributed by atoms with van der Waals surface area (Å²) in [7, 11) is 0. The van der Waals surface area contributed by atoms with Crippen LogP contribution in [0.1, 0.15) is 30.7 Å². The third-order valence-corrected chi connectivity index (χ3v) is 4.36. The Kier molecular flexibility index (Phi) is 4.30. The number of nitrogens with one attached hydrogen (secondary N) is 1. The van der Waals surface area contributed by atoms with Gasteiger partial charge in [-0.2, -0.15) is 0 Å². The summed E-state index contributed by atoms with van der Waals surface area (Å²) in [5.74, 6) is 0. The normalized spacial score (nSPS) is 11.6. The van der Waals surface area contributed by atoms with E-state index in [1.54, 1.807) is 0 Å². The first-order valence-corrected chi connectivity index (χ1v) is 8.03. The van der Waals surface area contributed by atoms with Crippen LogP contribution in [0.25, 0.3) is 10.9 Å². The highest BCUT2D eigenvalue weighted by molar-refractivity contribution is 6.38. The minimum Gasteiger partial charge on any atom is -0.352 e. The van der Waals surface area contributed by atoms with Gasteiger partial charge in [-0.05, 0) is 30.0 Å². The van der Waals surface area contributed by atoms with E-state index < -0.39 is 0 Å². The average Bonchev–Trinajstić information content (AvgIpc) is 2.89. The second-order valence-corrected chi connectivity index (χ2v) is 5.67. The second-order valence-electron chi connectivity index (χ2n) is 5.29. The van der Waals surface area contributed by atoms with Crippen molar-refractivity contribution in [2.75, 3.05) is 0 Å². The molecule has 0 aliphatic heterocycles. The van der Waals surface area contributed by atoms with Gasteiger partial charge in [-0.3, -0.25) is 4.99 Å². The third kappa shape index (κ3) is 2.67. The van der Waals surface area contributed by atoms with E-state index >= 15 is 0 Å². The molecule has 0 bridgehead atoms. The fraction of sp³-hybridized carbons (Fsp3) is 0.211. The predicted octanol–water partition coefficient (Wildman–Crippen LogP) is 5.70. The zero-order chi connectivity index (χ0) is 15.5. The molecule has 0 spiro atoms. The number of para-hydroxylation sites is 2. The third-order valence-electron chi connectivity index (χ3n) is 3.96. The van der Waals surface area contributed by atoms with Crippen LogP contribution in [0.5, 0.6) is 0 Å². The Balaban J connectivity index is 2.05. The minimum atomic E-state index is 0.728. The lowest BCUT2D eigenvalue weighted by atomic mass is 10.0. The molecular weight excluding hydrogens is 292 g/mol. The fourth-order valence-corrected chi connectivity index (χ4v) is 2.99. The number of aliphatic imine (C=N–C) groups is 1. The molecule has 0 aliphatic carbocycles. The van der Waals surface area contributed by atoms with Crippen LogP contribution in [0.15, 0.2) is 47.5 Å². The molecule has 0 aliphatic rings. The first-order chi connectivity index (χ1) is 10.7. The molecule has 0 radical (unpaired) electrons. The van der Waals surface area contributed by atoms with Crippen LogP contribution < -0.4 is 0 Å². The number of aryl methyl sites for hydroxylation is 2. The van der Waals surface area contributed by atoms with Crippen molar-refractivity contribution in [3.63, 3.8) is 0 Å². The van der Waals surface area contributed by atoms with Crippen molar-refractivity contribution >= 4 is 34.4 Å². The van der Waals surface area contributed by atoms with Crippen molar-refractivity contribution in [1.82, 2.24) is 4.98 Å². The summed E-state index contributed by atoms with van der Waals surface area (Å²) < 4.78 is 0. The van der Waals surface area contributed by atoms with Gasteiger partial charge in [0.2, 0.25) is 0 Å². The number of benzene rings is 2. The van der Waals surface area contributed by atoms with Crippen LogP contribution >= 0.6 is 11.6 Å². The lowest BCUT2D eigenvalue weighted by molar-refractivity contribution is 1.08. The van der Waals surface area contributed by atoms with E-state index in [2.05, 4.69) is 37.0 Å². The lowest BCUT2D eigenvalue weighted by Gasteiger charge is -2.08. The van der Waals surface area contributed by atoms with E-state index in [0.29, 0.717) is 0 Å². The fourth-order valence-electron chi connectivity index (χ4n) is 2.73. The van der Waals surface area contributed by atoms with Gasteiger partial charge in [-0.1, -0.05) is 61.8 Å². The van der Waals surface area contributed by atoms with E-state index in [0.717, 1.165) is 40.1 Å². The van der Waals surface area contributed by atoms with Crippen molar-refractivity contribution in [3.05, 3.63) is 64.3 Å². The van der Waals surface area contributed by atoms with Gasteiger partial charge < -0.3 is 4.98 Å². The van der Waals surface area contributed by atoms with E-state index in [9.17, 15) is 0 Å². The van der Waals surface area contributed by atoms with Gasteiger partial charge in [-0.15, -0.1) is 0 Å². The highest BCUT2D eigenvalue weighted by Crippen LogP contribution is 2.28. The SMILES string of the molecule is CCc1cccc(CC)c1N=Cc1[nH]c2ccccc2c1Cl. The van der Waals surface area contributed by atoms with Crippen LogP contribution in [-0.2, 0) is 12.8 Å². The molecule has 0 fully saturated rings. The summed E-state index contributed by atoms with van der Waals surface area (Å²) in [5, 5.41) is 1.76. The van der Waals surface area contributed by atoms with E-state index in [1.165, 1.54) is 11.1 Å².